The normalized spacial score (nSPS) is 17.3. The van der Waals surface area contributed by atoms with E-state index in [1.54, 1.807) is 23.1 Å². The highest BCUT2D eigenvalue weighted by Gasteiger charge is 2.27. The van der Waals surface area contributed by atoms with Gasteiger partial charge in [0.1, 0.15) is 11.6 Å². The van der Waals surface area contributed by atoms with E-state index in [4.69, 9.17) is 11.6 Å². The van der Waals surface area contributed by atoms with Crippen LogP contribution in [-0.2, 0) is 4.79 Å². The summed E-state index contributed by atoms with van der Waals surface area (Å²) in [5.74, 6) is -0.518. The minimum absolute atomic E-state index is 0.00926. The number of fused-ring (bicyclic) bond motifs is 1. The summed E-state index contributed by atoms with van der Waals surface area (Å²) in [6.45, 7) is 0.532. The lowest BCUT2D eigenvalue weighted by Crippen LogP contribution is -2.31. The molecule has 1 amide bonds. The lowest BCUT2D eigenvalue weighted by Gasteiger charge is -2.24. The maximum atomic E-state index is 13.8. The number of carbonyl (C=O) groups excluding carboxylic acids is 1. The van der Waals surface area contributed by atoms with Gasteiger partial charge in [-0.3, -0.25) is 4.79 Å². The fourth-order valence-electron chi connectivity index (χ4n) is 3.29. The highest BCUT2D eigenvalue weighted by molar-refractivity contribution is 6.19. The smallest absolute Gasteiger partial charge is 0.228 e. The second kappa shape index (κ2) is 7.31. The molecule has 0 spiro atoms. The first-order chi connectivity index (χ1) is 11.6. The lowest BCUT2D eigenvalue weighted by molar-refractivity contribution is -0.118. The molecule has 2 aromatic carbocycles. The number of alkyl halides is 1. The molecule has 0 aliphatic carbocycles. The Labute approximate surface area is 145 Å². The Morgan fingerprint density at radius 1 is 1.12 bits per heavy atom. The van der Waals surface area contributed by atoms with Crippen LogP contribution >= 0.6 is 11.6 Å². The van der Waals surface area contributed by atoms with Crippen molar-refractivity contribution in [3.8, 4) is 0 Å². The Morgan fingerprint density at radius 2 is 1.83 bits per heavy atom. The van der Waals surface area contributed by atoms with E-state index >= 15 is 0 Å². The minimum atomic E-state index is -0.378. The van der Waals surface area contributed by atoms with Gasteiger partial charge >= 0.3 is 0 Å². The largest absolute Gasteiger partial charge is 0.312 e. The maximum Gasteiger partial charge on any atom is 0.228 e. The number of nitrogens with zero attached hydrogens (tertiary/aromatic N) is 1. The third-order valence-corrected chi connectivity index (χ3v) is 4.60. The molecule has 126 valence electrons. The molecule has 5 heteroatoms. The Balaban J connectivity index is 2.05. The first-order valence-electron chi connectivity index (χ1n) is 8.01. The summed E-state index contributed by atoms with van der Waals surface area (Å²) in [6, 6.07) is 10.9. The van der Waals surface area contributed by atoms with E-state index in [9.17, 15) is 13.6 Å². The first kappa shape index (κ1) is 16.9. The van der Waals surface area contributed by atoms with Gasteiger partial charge in [0, 0.05) is 24.8 Å². The summed E-state index contributed by atoms with van der Waals surface area (Å²) >= 11 is 5.70. The standard InChI is InChI=1S/C19H18ClF2NO/c20-10-9-19(24)23-11-1-2-16(13-3-5-14(21)6-4-13)17-8-7-15(22)12-18(17)23/h3-8,12,16H,1-2,9-11H2. The van der Waals surface area contributed by atoms with Crippen LogP contribution in [0.25, 0.3) is 0 Å². The van der Waals surface area contributed by atoms with Crippen molar-refractivity contribution in [3.05, 3.63) is 65.2 Å². The number of halogens is 3. The molecule has 0 bridgehead atoms. The van der Waals surface area contributed by atoms with Crippen molar-refractivity contribution in [1.82, 2.24) is 0 Å². The van der Waals surface area contributed by atoms with Gasteiger partial charge in [0.25, 0.3) is 0 Å². The molecule has 0 radical (unpaired) electrons. The number of benzene rings is 2. The molecule has 2 aromatic rings. The molecule has 2 nitrogen and oxygen atoms in total. The van der Waals surface area contributed by atoms with Crippen molar-refractivity contribution in [3.63, 3.8) is 0 Å². The summed E-state index contributed by atoms with van der Waals surface area (Å²) in [4.78, 5) is 14.0. The molecule has 0 saturated heterocycles. The number of hydrogen-bond acceptors (Lipinski definition) is 1. The molecule has 0 fully saturated rings. The molecule has 24 heavy (non-hydrogen) atoms. The molecule has 1 heterocycles. The van der Waals surface area contributed by atoms with Crippen LogP contribution in [0.15, 0.2) is 42.5 Å². The Morgan fingerprint density at radius 3 is 2.54 bits per heavy atom. The van der Waals surface area contributed by atoms with Crippen LogP contribution in [0.5, 0.6) is 0 Å². The van der Waals surface area contributed by atoms with E-state index < -0.39 is 0 Å². The molecule has 3 rings (SSSR count). The topological polar surface area (TPSA) is 20.3 Å². The van der Waals surface area contributed by atoms with E-state index in [1.165, 1.54) is 24.3 Å². The maximum absolute atomic E-state index is 13.8. The fraction of sp³-hybridized carbons (Fsp3) is 0.316. The molecule has 1 atom stereocenters. The van der Waals surface area contributed by atoms with Crippen LogP contribution in [0, 0.1) is 11.6 Å². The quantitative estimate of drug-likeness (QED) is 0.725. The van der Waals surface area contributed by atoms with Crippen molar-refractivity contribution in [2.24, 2.45) is 0 Å². The zero-order valence-corrected chi connectivity index (χ0v) is 13.9. The van der Waals surface area contributed by atoms with E-state index in [0.717, 1.165) is 24.0 Å². The third kappa shape index (κ3) is 3.44. The number of carbonyl (C=O) groups is 1. The van der Waals surface area contributed by atoms with Gasteiger partial charge in [0.15, 0.2) is 0 Å². The van der Waals surface area contributed by atoms with Gasteiger partial charge in [-0.1, -0.05) is 18.2 Å². The van der Waals surface area contributed by atoms with E-state index in [-0.39, 0.29) is 35.8 Å². The second-order valence-corrected chi connectivity index (χ2v) is 6.31. The summed E-state index contributed by atoms with van der Waals surface area (Å²) in [7, 11) is 0. The van der Waals surface area contributed by atoms with Crippen LogP contribution in [0.2, 0.25) is 0 Å². The lowest BCUT2D eigenvalue weighted by atomic mass is 9.87. The minimum Gasteiger partial charge on any atom is -0.312 e. The number of hydrogen-bond donors (Lipinski definition) is 0. The summed E-state index contributed by atoms with van der Waals surface area (Å²) in [5, 5.41) is 0. The average Bonchev–Trinajstić information content (AvgIpc) is 2.75. The molecule has 0 aromatic heterocycles. The van der Waals surface area contributed by atoms with Crippen molar-refractivity contribution in [2.75, 3.05) is 17.3 Å². The Kier molecular flexibility index (Phi) is 5.14. The van der Waals surface area contributed by atoms with Crippen LogP contribution in [0.1, 0.15) is 36.3 Å². The first-order valence-corrected chi connectivity index (χ1v) is 8.55. The van der Waals surface area contributed by atoms with Crippen molar-refractivity contribution < 1.29 is 13.6 Å². The SMILES string of the molecule is O=C(CCCl)N1CCCC(c2ccc(F)cc2)c2ccc(F)cc21. The summed E-state index contributed by atoms with van der Waals surface area (Å²) in [5.41, 5.74) is 2.45. The van der Waals surface area contributed by atoms with Gasteiger partial charge in [-0.15, -0.1) is 11.6 Å². The Bertz CT molecular complexity index is 733. The van der Waals surface area contributed by atoms with Crippen molar-refractivity contribution in [1.29, 1.82) is 0 Å². The number of anilines is 1. The predicted molar refractivity (Wildman–Crippen MR) is 91.6 cm³/mol. The molecule has 1 aliphatic heterocycles. The van der Waals surface area contributed by atoms with Crippen LogP contribution in [0.4, 0.5) is 14.5 Å². The van der Waals surface area contributed by atoms with E-state index in [2.05, 4.69) is 0 Å². The van der Waals surface area contributed by atoms with E-state index in [0.29, 0.717) is 12.2 Å². The second-order valence-electron chi connectivity index (χ2n) is 5.93. The van der Waals surface area contributed by atoms with Gasteiger partial charge < -0.3 is 4.90 Å². The predicted octanol–water partition coefficient (Wildman–Crippen LogP) is 4.85. The zero-order chi connectivity index (χ0) is 17.1. The molecular weight excluding hydrogens is 332 g/mol. The summed E-state index contributed by atoms with van der Waals surface area (Å²) < 4.78 is 27.0. The van der Waals surface area contributed by atoms with Gasteiger partial charge in [-0.2, -0.15) is 0 Å². The van der Waals surface area contributed by atoms with Crippen molar-refractivity contribution >= 4 is 23.2 Å². The van der Waals surface area contributed by atoms with Gasteiger partial charge in [-0.05, 0) is 48.2 Å². The third-order valence-electron chi connectivity index (χ3n) is 4.41. The van der Waals surface area contributed by atoms with E-state index in [1.807, 2.05) is 0 Å². The number of amides is 1. The van der Waals surface area contributed by atoms with Gasteiger partial charge in [0.2, 0.25) is 5.91 Å². The fourth-order valence-corrected chi connectivity index (χ4v) is 3.45. The Hall–Kier alpha value is -1.94. The zero-order valence-electron chi connectivity index (χ0n) is 13.1. The summed E-state index contributed by atoms with van der Waals surface area (Å²) in [6.07, 6.45) is 1.82. The van der Waals surface area contributed by atoms with Crippen LogP contribution < -0.4 is 4.90 Å². The molecule has 0 saturated carbocycles. The monoisotopic (exact) mass is 349 g/mol. The molecule has 0 N–H and O–H groups in total. The van der Waals surface area contributed by atoms with Gasteiger partial charge in [-0.25, -0.2) is 8.78 Å². The molecular formula is C19H18ClF2NO. The van der Waals surface area contributed by atoms with Crippen LogP contribution in [-0.4, -0.2) is 18.3 Å². The van der Waals surface area contributed by atoms with Crippen LogP contribution in [0.3, 0.4) is 0 Å². The van der Waals surface area contributed by atoms with Crippen molar-refractivity contribution in [2.45, 2.75) is 25.2 Å². The average molecular weight is 350 g/mol. The highest BCUT2D eigenvalue weighted by atomic mass is 35.5. The number of rotatable bonds is 3. The molecule has 1 aliphatic rings. The molecule has 1 unspecified atom stereocenters. The highest BCUT2D eigenvalue weighted by Crippen LogP contribution is 2.39. The van der Waals surface area contributed by atoms with Gasteiger partial charge in [0.05, 0.1) is 5.69 Å².